The summed E-state index contributed by atoms with van der Waals surface area (Å²) in [6.07, 6.45) is 2.74. The molecule has 0 saturated heterocycles. The second-order valence-corrected chi connectivity index (χ2v) is 4.73. The zero-order valence-corrected chi connectivity index (χ0v) is 9.42. The normalized spacial score (nSPS) is 11.7. The summed E-state index contributed by atoms with van der Waals surface area (Å²) < 4.78 is 0. The minimum absolute atomic E-state index is 0.0993. The van der Waals surface area contributed by atoms with Gasteiger partial charge in [-0.3, -0.25) is 9.69 Å². The van der Waals surface area contributed by atoms with Crippen molar-refractivity contribution in [1.82, 2.24) is 4.90 Å². The average molecular weight is 199 g/mol. The van der Waals surface area contributed by atoms with Crippen LogP contribution < -0.4 is 0 Å². The molecule has 0 aromatic carbocycles. The van der Waals surface area contributed by atoms with Crippen LogP contribution in [0.25, 0.3) is 0 Å². The van der Waals surface area contributed by atoms with E-state index in [1.807, 2.05) is 4.90 Å². The van der Waals surface area contributed by atoms with Crippen molar-refractivity contribution in [1.29, 1.82) is 0 Å². The van der Waals surface area contributed by atoms with Crippen molar-refractivity contribution in [2.24, 2.45) is 5.41 Å². The van der Waals surface area contributed by atoms with Crippen LogP contribution in [-0.2, 0) is 4.79 Å². The van der Waals surface area contributed by atoms with Gasteiger partial charge in [0.2, 0.25) is 0 Å². The van der Waals surface area contributed by atoms with E-state index in [9.17, 15) is 4.79 Å². The molecule has 0 aliphatic rings. The molecule has 0 aliphatic heterocycles. The van der Waals surface area contributed by atoms with Gasteiger partial charge in [-0.15, -0.1) is 6.58 Å². The SMILES string of the molecule is C=CCN(CCC(C)(C)C)CC(=O)O. The molecule has 0 spiro atoms. The number of aliphatic carboxylic acids is 1. The lowest BCUT2D eigenvalue weighted by molar-refractivity contribution is -0.138. The third kappa shape index (κ3) is 7.80. The van der Waals surface area contributed by atoms with Gasteiger partial charge in [0, 0.05) is 6.54 Å². The van der Waals surface area contributed by atoms with Crippen LogP contribution in [0.5, 0.6) is 0 Å². The summed E-state index contributed by atoms with van der Waals surface area (Å²) >= 11 is 0. The summed E-state index contributed by atoms with van der Waals surface area (Å²) in [6.45, 7) is 11.6. The van der Waals surface area contributed by atoms with Crippen LogP contribution in [0.2, 0.25) is 0 Å². The number of carboxylic acid groups (broad SMARTS) is 1. The molecule has 0 aromatic heterocycles. The number of nitrogens with zero attached hydrogens (tertiary/aromatic N) is 1. The van der Waals surface area contributed by atoms with E-state index < -0.39 is 5.97 Å². The lowest BCUT2D eigenvalue weighted by atomic mass is 9.92. The van der Waals surface area contributed by atoms with Crippen LogP contribution >= 0.6 is 0 Å². The first-order valence-electron chi connectivity index (χ1n) is 4.90. The van der Waals surface area contributed by atoms with E-state index in [-0.39, 0.29) is 12.0 Å². The highest BCUT2D eigenvalue weighted by Gasteiger charge is 2.14. The smallest absolute Gasteiger partial charge is 0.317 e. The molecule has 0 heterocycles. The molecule has 3 heteroatoms. The van der Waals surface area contributed by atoms with Gasteiger partial charge in [-0.2, -0.15) is 0 Å². The quantitative estimate of drug-likeness (QED) is 0.665. The van der Waals surface area contributed by atoms with Crippen molar-refractivity contribution < 1.29 is 9.90 Å². The Morgan fingerprint density at radius 3 is 2.43 bits per heavy atom. The van der Waals surface area contributed by atoms with Crippen LogP contribution in [0, 0.1) is 5.41 Å². The fraction of sp³-hybridized carbons (Fsp3) is 0.727. The van der Waals surface area contributed by atoms with Gasteiger partial charge in [0.15, 0.2) is 0 Å². The molecule has 0 rings (SSSR count). The van der Waals surface area contributed by atoms with Crippen molar-refractivity contribution in [2.45, 2.75) is 27.2 Å². The van der Waals surface area contributed by atoms with Crippen molar-refractivity contribution in [2.75, 3.05) is 19.6 Å². The van der Waals surface area contributed by atoms with Gasteiger partial charge in [0.05, 0.1) is 6.54 Å². The maximum absolute atomic E-state index is 10.5. The van der Waals surface area contributed by atoms with E-state index in [0.717, 1.165) is 13.0 Å². The van der Waals surface area contributed by atoms with Gasteiger partial charge < -0.3 is 5.11 Å². The zero-order valence-electron chi connectivity index (χ0n) is 9.42. The largest absolute Gasteiger partial charge is 0.480 e. The maximum atomic E-state index is 10.5. The molecule has 0 bridgehead atoms. The summed E-state index contributed by atoms with van der Waals surface area (Å²) in [5, 5.41) is 8.66. The lowest BCUT2D eigenvalue weighted by Gasteiger charge is -2.24. The van der Waals surface area contributed by atoms with Gasteiger partial charge in [0.1, 0.15) is 0 Å². The molecule has 3 nitrogen and oxygen atoms in total. The highest BCUT2D eigenvalue weighted by atomic mass is 16.4. The molecule has 1 N–H and O–H groups in total. The second-order valence-electron chi connectivity index (χ2n) is 4.73. The van der Waals surface area contributed by atoms with Crippen LogP contribution in [0.4, 0.5) is 0 Å². The number of hydrogen-bond donors (Lipinski definition) is 1. The molecular formula is C11H21NO2. The maximum Gasteiger partial charge on any atom is 0.317 e. The fourth-order valence-corrected chi connectivity index (χ4v) is 1.10. The van der Waals surface area contributed by atoms with Gasteiger partial charge >= 0.3 is 5.97 Å². The average Bonchev–Trinajstić information content (AvgIpc) is 1.98. The van der Waals surface area contributed by atoms with Gasteiger partial charge in [0.25, 0.3) is 0 Å². The van der Waals surface area contributed by atoms with E-state index in [1.165, 1.54) is 0 Å². The lowest BCUT2D eigenvalue weighted by Crippen LogP contribution is -2.32. The summed E-state index contributed by atoms with van der Waals surface area (Å²) in [6, 6.07) is 0. The summed E-state index contributed by atoms with van der Waals surface area (Å²) in [7, 11) is 0. The van der Waals surface area contributed by atoms with E-state index in [0.29, 0.717) is 6.54 Å². The minimum Gasteiger partial charge on any atom is -0.480 e. The van der Waals surface area contributed by atoms with Crippen molar-refractivity contribution in [3.8, 4) is 0 Å². The van der Waals surface area contributed by atoms with Crippen LogP contribution in [0.15, 0.2) is 12.7 Å². The first-order chi connectivity index (χ1) is 6.35. The Morgan fingerprint density at radius 1 is 1.50 bits per heavy atom. The number of carboxylic acids is 1. The van der Waals surface area contributed by atoms with Crippen LogP contribution in [-0.4, -0.2) is 35.6 Å². The molecule has 14 heavy (non-hydrogen) atoms. The fourth-order valence-electron chi connectivity index (χ4n) is 1.10. The molecule has 0 amide bonds. The number of hydrogen-bond acceptors (Lipinski definition) is 2. The van der Waals surface area contributed by atoms with Crippen LogP contribution in [0.1, 0.15) is 27.2 Å². The first kappa shape index (κ1) is 13.2. The number of rotatable bonds is 6. The Morgan fingerprint density at radius 2 is 2.07 bits per heavy atom. The summed E-state index contributed by atoms with van der Waals surface area (Å²) in [5.41, 5.74) is 0.248. The molecular weight excluding hydrogens is 178 g/mol. The third-order valence-corrected chi connectivity index (χ3v) is 1.92. The predicted octanol–water partition coefficient (Wildman–Crippen LogP) is 2.00. The predicted molar refractivity (Wildman–Crippen MR) is 58.3 cm³/mol. The Labute approximate surface area is 86.4 Å². The van der Waals surface area contributed by atoms with Gasteiger partial charge in [-0.1, -0.05) is 26.8 Å². The summed E-state index contributed by atoms with van der Waals surface area (Å²) in [5.74, 6) is -0.777. The molecule has 0 aromatic rings. The summed E-state index contributed by atoms with van der Waals surface area (Å²) in [4.78, 5) is 12.4. The molecule has 0 saturated carbocycles. The Hall–Kier alpha value is -0.830. The monoisotopic (exact) mass is 199 g/mol. The Bertz CT molecular complexity index is 194. The Kier molecular flexibility index (Phi) is 5.46. The van der Waals surface area contributed by atoms with Crippen molar-refractivity contribution in [3.63, 3.8) is 0 Å². The molecule has 0 radical (unpaired) electrons. The van der Waals surface area contributed by atoms with E-state index >= 15 is 0 Å². The third-order valence-electron chi connectivity index (χ3n) is 1.92. The number of carbonyl (C=O) groups is 1. The topological polar surface area (TPSA) is 40.5 Å². The minimum atomic E-state index is -0.777. The second kappa shape index (κ2) is 5.81. The molecule has 0 fully saturated rings. The van der Waals surface area contributed by atoms with Crippen molar-refractivity contribution in [3.05, 3.63) is 12.7 Å². The standard InChI is InChI=1S/C11H21NO2/c1-5-7-12(9-10(13)14)8-6-11(2,3)4/h5H,1,6-9H2,2-4H3,(H,13,14). The van der Waals surface area contributed by atoms with Gasteiger partial charge in [-0.25, -0.2) is 0 Å². The van der Waals surface area contributed by atoms with E-state index in [2.05, 4.69) is 27.4 Å². The highest BCUT2D eigenvalue weighted by molar-refractivity contribution is 5.69. The van der Waals surface area contributed by atoms with E-state index in [1.54, 1.807) is 6.08 Å². The highest BCUT2D eigenvalue weighted by Crippen LogP contribution is 2.18. The first-order valence-corrected chi connectivity index (χ1v) is 4.90. The molecule has 0 unspecified atom stereocenters. The molecule has 0 aliphatic carbocycles. The van der Waals surface area contributed by atoms with Crippen LogP contribution in [0.3, 0.4) is 0 Å². The van der Waals surface area contributed by atoms with E-state index in [4.69, 9.17) is 5.11 Å². The molecule has 82 valence electrons. The zero-order chi connectivity index (χ0) is 11.2. The van der Waals surface area contributed by atoms with Gasteiger partial charge in [-0.05, 0) is 18.4 Å². The Balaban J connectivity index is 3.96. The van der Waals surface area contributed by atoms with Crippen molar-refractivity contribution >= 4 is 5.97 Å². The molecule has 0 atom stereocenters.